The molecule has 0 aliphatic carbocycles. The van der Waals surface area contributed by atoms with Crippen LogP contribution in [0.1, 0.15) is 22.5 Å². The van der Waals surface area contributed by atoms with Crippen molar-refractivity contribution < 1.29 is 4.74 Å². The summed E-state index contributed by atoms with van der Waals surface area (Å²) in [6.07, 6.45) is 0. The van der Waals surface area contributed by atoms with Gasteiger partial charge < -0.3 is 10.5 Å². The zero-order valence-corrected chi connectivity index (χ0v) is 13.1. The summed E-state index contributed by atoms with van der Waals surface area (Å²) in [6.45, 7) is 6.50. The Morgan fingerprint density at radius 1 is 1.14 bits per heavy atom. The van der Waals surface area contributed by atoms with Crippen molar-refractivity contribution >= 4 is 27.4 Å². The maximum absolute atomic E-state index is 5.95. The second-order valence-corrected chi connectivity index (χ2v) is 6.08. The summed E-state index contributed by atoms with van der Waals surface area (Å²) >= 11 is 1.56. The van der Waals surface area contributed by atoms with Gasteiger partial charge in [0.1, 0.15) is 23.0 Å². The normalized spacial score (nSPS) is 11.0. The maximum Gasteiger partial charge on any atom is 0.169 e. The molecule has 2 aromatic heterocycles. The molecule has 2 N–H and O–H groups in total. The quantitative estimate of drug-likeness (QED) is 0.799. The van der Waals surface area contributed by atoms with E-state index >= 15 is 0 Å². The van der Waals surface area contributed by atoms with Crippen molar-refractivity contribution in [3.05, 3.63) is 46.1 Å². The number of benzene rings is 1. The van der Waals surface area contributed by atoms with Crippen LogP contribution in [0.5, 0.6) is 5.75 Å². The first kappa shape index (κ1) is 13.8. The molecule has 1 aromatic carbocycles. The topological polar surface area (TPSA) is 61.0 Å². The monoisotopic (exact) mass is 299 g/mol. The molecule has 0 atom stereocenters. The van der Waals surface area contributed by atoms with E-state index in [9.17, 15) is 0 Å². The number of aromatic nitrogens is 2. The molecule has 108 valence electrons. The Labute approximate surface area is 127 Å². The molecule has 0 bridgehead atoms. The summed E-state index contributed by atoms with van der Waals surface area (Å²) in [6, 6.07) is 6.16. The third-order valence-corrected chi connectivity index (χ3v) is 4.16. The number of ether oxygens (including phenoxy) is 1. The fourth-order valence-electron chi connectivity index (χ4n) is 2.52. The van der Waals surface area contributed by atoms with Gasteiger partial charge in [0.2, 0.25) is 0 Å². The minimum absolute atomic E-state index is 0.322. The third kappa shape index (κ3) is 2.69. The number of nitrogens with zero attached hydrogens (tertiary/aromatic N) is 2. The van der Waals surface area contributed by atoms with Gasteiger partial charge in [-0.1, -0.05) is 17.7 Å². The van der Waals surface area contributed by atoms with Crippen molar-refractivity contribution in [2.45, 2.75) is 27.4 Å². The van der Waals surface area contributed by atoms with Gasteiger partial charge >= 0.3 is 0 Å². The van der Waals surface area contributed by atoms with Crippen LogP contribution in [0.15, 0.2) is 23.6 Å². The first-order chi connectivity index (χ1) is 10.0. The number of hydrogen-bond donors (Lipinski definition) is 1. The van der Waals surface area contributed by atoms with E-state index in [1.54, 1.807) is 11.3 Å². The fraction of sp³-hybridized carbons (Fsp3) is 0.250. The van der Waals surface area contributed by atoms with Gasteiger partial charge in [0.15, 0.2) is 5.82 Å². The van der Waals surface area contributed by atoms with Gasteiger partial charge in [0.05, 0.1) is 5.39 Å². The lowest BCUT2D eigenvalue weighted by Crippen LogP contribution is -2.05. The number of hydrogen-bond acceptors (Lipinski definition) is 5. The standard InChI is InChI=1S/C16H17N3OS/c1-9-6-10(2)14(11(3)7-9)20-8-13-18-15(17)12-4-5-21-16(12)19-13/h4-7H,8H2,1-3H3,(H2,17,18,19). The molecule has 3 rings (SSSR count). The number of thiophene rings is 1. The van der Waals surface area contributed by atoms with Crippen LogP contribution in [0, 0.1) is 20.8 Å². The zero-order chi connectivity index (χ0) is 15.0. The van der Waals surface area contributed by atoms with Crippen LogP contribution in [0.3, 0.4) is 0 Å². The molecule has 0 spiro atoms. The van der Waals surface area contributed by atoms with Gasteiger partial charge in [-0.15, -0.1) is 11.3 Å². The number of rotatable bonds is 3. The molecule has 0 aliphatic heterocycles. The lowest BCUT2D eigenvalue weighted by atomic mass is 10.1. The second kappa shape index (κ2) is 5.33. The Kier molecular flexibility index (Phi) is 3.51. The zero-order valence-electron chi connectivity index (χ0n) is 12.3. The molecule has 0 saturated heterocycles. The van der Waals surface area contributed by atoms with Crippen molar-refractivity contribution in [3.8, 4) is 5.75 Å². The predicted octanol–water partition coefficient (Wildman–Crippen LogP) is 3.78. The smallest absolute Gasteiger partial charge is 0.169 e. The van der Waals surface area contributed by atoms with Gasteiger partial charge in [-0.3, -0.25) is 0 Å². The minimum Gasteiger partial charge on any atom is -0.485 e. The van der Waals surface area contributed by atoms with Crippen LogP contribution in [0.4, 0.5) is 5.82 Å². The Morgan fingerprint density at radius 3 is 2.57 bits per heavy atom. The predicted molar refractivity (Wildman–Crippen MR) is 86.8 cm³/mol. The van der Waals surface area contributed by atoms with E-state index in [0.717, 1.165) is 27.1 Å². The number of anilines is 1. The number of aryl methyl sites for hydroxylation is 3. The average Bonchev–Trinajstić information content (AvgIpc) is 2.86. The molecular formula is C16H17N3OS. The molecule has 5 heteroatoms. The van der Waals surface area contributed by atoms with Gasteiger partial charge in [-0.05, 0) is 43.3 Å². The minimum atomic E-state index is 0.322. The lowest BCUT2D eigenvalue weighted by molar-refractivity contribution is 0.292. The molecule has 4 nitrogen and oxygen atoms in total. The Bertz CT molecular complexity index is 787. The lowest BCUT2D eigenvalue weighted by Gasteiger charge is -2.12. The van der Waals surface area contributed by atoms with Crippen LogP contribution in [0.25, 0.3) is 10.2 Å². The van der Waals surface area contributed by atoms with Crippen molar-refractivity contribution in [2.75, 3.05) is 5.73 Å². The Hall–Kier alpha value is -2.14. The van der Waals surface area contributed by atoms with Crippen LogP contribution in [-0.2, 0) is 6.61 Å². The van der Waals surface area contributed by atoms with E-state index in [-0.39, 0.29) is 0 Å². The summed E-state index contributed by atoms with van der Waals surface area (Å²) in [4.78, 5) is 9.71. The van der Waals surface area contributed by atoms with Crippen molar-refractivity contribution in [2.24, 2.45) is 0 Å². The summed E-state index contributed by atoms with van der Waals surface area (Å²) < 4.78 is 5.91. The first-order valence-corrected chi connectivity index (χ1v) is 7.63. The highest BCUT2D eigenvalue weighted by Gasteiger charge is 2.09. The molecule has 0 saturated carbocycles. The SMILES string of the molecule is Cc1cc(C)c(OCc2nc(N)c3ccsc3n2)c(C)c1. The number of nitrogens with two attached hydrogens (primary N) is 1. The van der Waals surface area contributed by atoms with Gasteiger partial charge in [-0.25, -0.2) is 9.97 Å². The molecule has 2 heterocycles. The van der Waals surface area contributed by atoms with E-state index in [2.05, 4.69) is 29.0 Å². The van der Waals surface area contributed by atoms with Crippen LogP contribution in [-0.4, -0.2) is 9.97 Å². The maximum atomic E-state index is 5.95. The molecule has 21 heavy (non-hydrogen) atoms. The van der Waals surface area contributed by atoms with E-state index in [1.165, 1.54) is 5.56 Å². The van der Waals surface area contributed by atoms with E-state index in [0.29, 0.717) is 18.2 Å². The third-order valence-electron chi connectivity index (χ3n) is 3.35. The van der Waals surface area contributed by atoms with Gasteiger partial charge in [0, 0.05) is 0 Å². The number of fused-ring (bicyclic) bond motifs is 1. The summed E-state index contributed by atoms with van der Waals surface area (Å²) in [5.41, 5.74) is 9.43. The van der Waals surface area contributed by atoms with Crippen molar-refractivity contribution in [3.63, 3.8) is 0 Å². The average molecular weight is 299 g/mol. The second-order valence-electron chi connectivity index (χ2n) is 5.18. The Balaban J connectivity index is 1.86. The van der Waals surface area contributed by atoms with Crippen LogP contribution in [0.2, 0.25) is 0 Å². The van der Waals surface area contributed by atoms with Crippen LogP contribution < -0.4 is 10.5 Å². The first-order valence-electron chi connectivity index (χ1n) is 6.75. The Morgan fingerprint density at radius 2 is 1.86 bits per heavy atom. The van der Waals surface area contributed by atoms with E-state index in [1.807, 2.05) is 25.3 Å². The molecule has 0 fully saturated rings. The summed E-state index contributed by atoms with van der Waals surface area (Å²) in [5, 5.41) is 2.88. The van der Waals surface area contributed by atoms with Gasteiger partial charge in [0.25, 0.3) is 0 Å². The highest BCUT2D eigenvalue weighted by Crippen LogP contribution is 2.26. The molecular weight excluding hydrogens is 282 g/mol. The number of nitrogen functional groups attached to an aromatic ring is 1. The van der Waals surface area contributed by atoms with Crippen LogP contribution >= 0.6 is 11.3 Å². The highest BCUT2D eigenvalue weighted by molar-refractivity contribution is 7.16. The highest BCUT2D eigenvalue weighted by atomic mass is 32.1. The largest absolute Gasteiger partial charge is 0.485 e. The summed E-state index contributed by atoms with van der Waals surface area (Å²) in [5.74, 6) is 2.02. The molecule has 3 aromatic rings. The van der Waals surface area contributed by atoms with E-state index < -0.39 is 0 Å². The molecule has 0 aliphatic rings. The molecule has 0 unspecified atom stereocenters. The van der Waals surface area contributed by atoms with Gasteiger partial charge in [-0.2, -0.15) is 0 Å². The van der Waals surface area contributed by atoms with Crippen molar-refractivity contribution in [1.82, 2.24) is 9.97 Å². The molecule has 0 amide bonds. The van der Waals surface area contributed by atoms with E-state index in [4.69, 9.17) is 10.5 Å². The summed E-state index contributed by atoms with van der Waals surface area (Å²) in [7, 11) is 0. The van der Waals surface area contributed by atoms with Crippen molar-refractivity contribution in [1.29, 1.82) is 0 Å². The fourth-order valence-corrected chi connectivity index (χ4v) is 3.31. The molecule has 0 radical (unpaired) electrons.